The molecule has 2 aliphatic rings. The minimum atomic E-state index is -1.28. The second-order valence-corrected chi connectivity index (χ2v) is 8.85. The van der Waals surface area contributed by atoms with E-state index in [1.54, 1.807) is 25.4 Å². The van der Waals surface area contributed by atoms with Gasteiger partial charge in [0, 0.05) is 23.9 Å². The zero-order valence-electron chi connectivity index (χ0n) is 19.8. The van der Waals surface area contributed by atoms with Crippen LogP contribution in [0.3, 0.4) is 0 Å². The van der Waals surface area contributed by atoms with E-state index >= 15 is 0 Å². The summed E-state index contributed by atoms with van der Waals surface area (Å²) in [5, 5.41) is 38.1. The molecule has 1 saturated heterocycles. The number of aliphatic hydroxyl groups excluding tert-OH is 3. The molecule has 0 bridgehead atoms. The number of carbonyl (C=O) groups excluding carboxylic acids is 1. The lowest BCUT2D eigenvalue weighted by atomic mass is 10.1. The Kier molecular flexibility index (Phi) is 6.96. The number of aromatic nitrogens is 6. The van der Waals surface area contributed by atoms with Crippen molar-refractivity contribution in [2.24, 2.45) is 0 Å². The number of ether oxygens (including phenoxy) is 2. The highest BCUT2D eigenvalue weighted by molar-refractivity contribution is 5.87. The molecule has 13 heteroatoms. The summed E-state index contributed by atoms with van der Waals surface area (Å²) in [7, 11) is 0. The van der Waals surface area contributed by atoms with Crippen LogP contribution < -0.4 is 5.32 Å². The van der Waals surface area contributed by atoms with Crippen molar-refractivity contribution in [1.29, 1.82) is 0 Å². The van der Waals surface area contributed by atoms with Gasteiger partial charge in [-0.05, 0) is 25.8 Å². The monoisotopic (exact) mass is 499 g/mol. The fraction of sp³-hybridized carbons (Fsp3) is 0.522. The summed E-state index contributed by atoms with van der Waals surface area (Å²) < 4.78 is 13.6. The van der Waals surface area contributed by atoms with Crippen LogP contribution in [0, 0.1) is 0 Å². The van der Waals surface area contributed by atoms with Gasteiger partial charge in [-0.25, -0.2) is 14.5 Å². The molecule has 1 aliphatic carbocycles. The van der Waals surface area contributed by atoms with Gasteiger partial charge < -0.3 is 30.1 Å². The molecule has 0 amide bonds. The van der Waals surface area contributed by atoms with E-state index in [4.69, 9.17) is 9.47 Å². The van der Waals surface area contributed by atoms with E-state index in [-0.39, 0.29) is 18.6 Å². The first-order valence-electron chi connectivity index (χ1n) is 12.0. The van der Waals surface area contributed by atoms with Gasteiger partial charge in [-0.1, -0.05) is 12.8 Å². The molecule has 4 atom stereocenters. The Morgan fingerprint density at radius 1 is 1.28 bits per heavy atom. The normalized spacial score (nSPS) is 24.8. The van der Waals surface area contributed by atoms with Gasteiger partial charge in [0.05, 0.1) is 25.7 Å². The first-order chi connectivity index (χ1) is 17.5. The highest BCUT2D eigenvalue weighted by atomic mass is 16.6. The van der Waals surface area contributed by atoms with Gasteiger partial charge in [-0.2, -0.15) is 15.1 Å². The van der Waals surface area contributed by atoms with Crippen molar-refractivity contribution >= 4 is 29.0 Å². The van der Waals surface area contributed by atoms with Crippen LogP contribution in [-0.4, -0.2) is 88.2 Å². The molecule has 36 heavy (non-hydrogen) atoms. The van der Waals surface area contributed by atoms with Crippen molar-refractivity contribution in [1.82, 2.24) is 29.3 Å². The van der Waals surface area contributed by atoms with Crippen LogP contribution in [0.4, 0.5) is 5.82 Å². The van der Waals surface area contributed by atoms with Crippen molar-refractivity contribution in [3.05, 3.63) is 30.4 Å². The summed E-state index contributed by atoms with van der Waals surface area (Å²) in [6.07, 6.45) is 7.44. The number of aliphatic hydroxyl groups is 3. The molecule has 0 spiro atoms. The third-order valence-electron chi connectivity index (χ3n) is 6.40. The fourth-order valence-corrected chi connectivity index (χ4v) is 4.55. The molecule has 5 rings (SSSR count). The predicted molar refractivity (Wildman–Crippen MR) is 127 cm³/mol. The molecule has 3 aromatic heterocycles. The third kappa shape index (κ3) is 4.69. The highest BCUT2D eigenvalue weighted by Gasteiger charge is 2.44. The average molecular weight is 500 g/mol. The van der Waals surface area contributed by atoms with Crippen LogP contribution in [-0.2, 0) is 14.3 Å². The van der Waals surface area contributed by atoms with Crippen molar-refractivity contribution in [2.45, 2.75) is 63.2 Å². The molecule has 0 radical (unpaired) electrons. The van der Waals surface area contributed by atoms with E-state index in [1.807, 2.05) is 0 Å². The summed E-state index contributed by atoms with van der Waals surface area (Å²) in [5.41, 5.74) is 1.50. The molecule has 13 nitrogen and oxygen atoms in total. The third-order valence-corrected chi connectivity index (χ3v) is 6.40. The van der Waals surface area contributed by atoms with E-state index in [1.165, 1.54) is 21.7 Å². The zero-order valence-corrected chi connectivity index (χ0v) is 19.8. The number of nitrogens with one attached hydrogen (secondary N) is 1. The number of nitrogens with zero attached hydrogens (tertiary/aromatic N) is 6. The molecule has 4 N–H and O–H groups in total. The summed E-state index contributed by atoms with van der Waals surface area (Å²) in [4.78, 5) is 25.4. The number of anilines is 1. The maximum atomic E-state index is 11.6. The van der Waals surface area contributed by atoms with Crippen LogP contribution in [0.25, 0.3) is 23.2 Å². The minimum absolute atomic E-state index is 0.243. The highest BCUT2D eigenvalue weighted by Crippen LogP contribution is 2.33. The molecule has 1 aliphatic heterocycles. The first-order valence-corrected chi connectivity index (χ1v) is 12.0. The summed E-state index contributed by atoms with van der Waals surface area (Å²) in [6, 6.07) is 0.246. The van der Waals surface area contributed by atoms with Gasteiger partial charge in [-0.15, -0.1) is 0 Å². The van der Waals surface area contributed by atoms with Gasteiger partial charge in [0.1, 0.15) is 18.3 Å². The van der Waals surface area contributed by atoms with Gasteiger partial charge in [0.25, 0.3) is 5.95 Å². The fourth-order valence-electron chi connectivity index (χ4n) is 4.55. The first kappa shape index (κ1) is 24.3. The van der Waals surface area contributed by atoms with Crippen LogP contribution in [0.1, 0.15) is 44.4 Å². The average Bonchev–Trinajstić information content (AvgIpc) is 3.67. The van der Waals surface area contributed by atoms with Crippen LogP contribution in [0.5, 0.6) is 0 Å². The standard InChI is InChI=1S/C23H29N7O6/c1-2-35-16(32)8-7-13-9-25-30(10-13)23-27-20(26-14-5-3-4-6-14)17-21(28-23)29(12-24-17)22-19(34)18(33)15(11-31)36-22/h7-10,12,14-15,18-19,22,31,33-34H,2-6,11H2,1H3,(H,26,27,28)/b8-7+/t15-,18-,19-,22+/m0/s1. The number of fused-ring (bicyclic) bond motifs is 1. The number of hydrogen-bond acceptors (Lipinski definition) is 11. The summed E-state index contributed by atoms with van der Waals surface area (Å²) >= 11 is 0. The van der Waals surface area contributed by atoms with Gasteiger partial charge in [-0.3, -0.25) is 4.57 Å². The van der Waals surface area contributed by atoms with Gasteiger partial charge in [0.15, 0.2) is 23.2 Å². The molecule has 0 unspecified atom stereocenters. The second kappa shape index (κ2) is 10.3. The predicted octanol–water partition coefficient (Wildman–Crippen LogP) is 0.554. The Morgan fingerprint density at radius 2 is 2.08 bits per heavy atom. The number of rotatable bonds is 8. The largest absolute Gasteiger partial charge is 0.463 e. The Morgan fingerprint density at radius 3 is 2.81 bits per heavy atom. The number of esters is 1. The Bertz CT molecular complexity index is 1250. The maximum absolute atomic E-state index is 11.6. The summed E-state index contributed by atoms with van der Waals surface area (Å²) in [6.45, 7) is 1.58. The lowest BCUT2D eigenvalue weighted by molar-refractivity contribution is -0.137. The SMILES string of the molecule is CCOC(=O)/C=C/c1cnn(-c2nc(NC3CCCC3)c3ncn([C@@H]4O[C@@H](CO)[C@H](O)[C@@H]4O)c3n2)c1. The van der Waals surface area contributed by atoms with E-state index in [0.717, 1.165) is 25.7 Å². The van der Waals surface area contributed by atoms with Crippen molar-refractivity contribution in [3.63, 3.8) is 0 Å². The Balaban J connectivity index is 1.53. The van der Waals surface area contributed by atoms with E-state index in [9.17, 15) is 20.1 Å². The molecular formula is C23H29N7O6. The Labute approximate surface area is 206 Å². The lowest BCUT2D eigenvalue weighted by Crippen LogP contribution is -2.33. The van der Waals surface area contributed by atoms with Gasteiger partial charge in [0.2, 0.25) is 0 Å². The molecule has 0 aromatic carbocycles. The lowest BCUT2D eigenvalue weighted by Gasteiger charge is -2.18. The zero-order chi connectivity index (χ0) is 25.2. The van der Waals surface area contributed by atoms with Crippen molar-refractivity contribution in [2.75, 3.05) is 18.5 Å². The molecule has 192 valence electrons. The molecule has 1 saturated carbocycles. The topological polar surface area (TPSA) is 170 Å². The van der Waals surface area contributed by atoms with E-state index in [2.05, 4.69) is 25.4 Å². The van der Waals surface area contributed by atoms with Crippen LogP contribution >= 0.6 is 0 Å². The molecule has 3 aromatic rings. The van der Waals surface area contributed by atoms with Crippen LogP contribution in [0.2, 0.25) is 0 Å². The smallest absolute Gasteiger partial charge is 0.330 e. The molecular weight excluding hydrogens is 470 g/mol. The van der Waals surface area contributed by atoms with E-state index in [0.29, 0.717) is 22.5 Å². The maximum Gasteiger partial charge on any atom is 0.330 e. The quantitative estimate of drug-likeness (QED) is 0.252. The second-order valence-electron chi connectivity index (χ2n) is 8.85. The van der Waals surface area contributed by atoms with Crippen LogP contribution in [0.15, 0.2) is 24.8 Å². The molecule has 4 heterocycles. The molecule has 2 fully saturated rings. The van der Waals surface area contributed by atoms with Crippen molar-refractivity contribution in [3.8, 4) is 5.95 Å². The minimum Gasteiger partial charge on any atom is -0.463 e. The number of carbonyl (C=O) groups is 1. The van der Waals surface area contributed by atoms with Crippen molar-refractivity contribution < 1.29 is 29.6 Å². The number of imidazole rings is 1. The Hall–Kier alpha value is -3.39. The summed E-state index contributed by atoms with van der Waals surface area (Å²) in [5.74, 6) is 0.312. The number of hydrogen-bond donors (Lipinski definition) is 4. The van der Waals surface area contributed by atoms with Gasteiger partial charge >= 0.3 is 5.97 Å². The van der Waals surface area contributed by atoms with E-state index < -0.39 is 37.1 Å².